The number of hydrogen-bond acceptors (Lipinski definition) is 7. The van der Waals surface area contributed by atoms with Crippen molar-refractivity contribution in [3.8, 4) is 0 Å². The molecule has 1 saturated heterocycles. The van der Waals surface area contributed by atoms with Crippen LogP contribution in [0.15, 0.2) is 6.20 Å². The van der Waals surface area contributed by atoms with Crippen molar-refractivity contribution in [3.63, 3.8) is 0 Å². The van der Waals surface area contributed by atoms with Crippen molar-refractivity contribution < 1.29 is 0 Å². The van der Waals surface area contributed by atoms with Gasteiger partial charge in [0.05, 0.1) is 6.20 Å². The zero-order chi connectivity index (χ0) is 12.8. The van der Waals surface area contributed by atoms with Crippen LogP contribution in [0, 0.1) is 0 Å². The van der Waals surface area contributed by atoms with E-state index in [0.717, 1.165) is 26.2 Å². The number of aromatic nitrogens is 2. The lowest BCUT2D eigenvalue weighted by Crippen LogP contribution is -2.36. The lowest BCUT2D eigenvalue weighted by Gasteiger charge is -2.26. The average Bonchev–Trinajstić information content (AvgIpc) is 2.42. The molecular formula is C10H17ClN6S. The molecule has 2 rings (SSSR count). The average molecular weight is 289 g/mol. The molecule has 1 aromatic heterocycles. The Kier molecular flexibility index (Phi) is 5.30. The molecule has 1 aliphatic rings. The van der Waals surface area contributed by atoms with Crippen molar-refractivity contribution in [2.75, 3.05) is 48.4 Å². The molecule has 18 heavy (non-hydrogen) atoms. The quantitative estimate of drug-likeness (QED) is 0.548. The van der Waals surface area contributed by atoms with Crippen LogP contribution in [-0.2, 0) is 0 Å². The third kappa shape index (κ3) is 3.88. The zero-order valence-corrected chi connectivity index (χ0v) is 11.6. The molecule has 6 nitrogen and oxygen atoms in total. The van der Waals surface area contributed by atoms with Gasteiger partial charge in [-0.3, -0.25) is 10.3 Å². The van der Waals surface area contributed by atoms with Crippen molar-refractivity contribution in [2.45, 2.75) is 0 Å². The van der Waals surface area contributed by atoms with E-state index in [9.17, 15) is 0 Å². The van der Waals surface area contributed by atoms with Gasteiger partial charge < -0.3 is 5.32 Å². The van der Waals surface area contributed by atoms with E-state index in [0.29, 0.717) is 16.8 Å². The van der Waals surface area contributed by atoms with Gasteiger partial charge in [-0.1, -0.05) is 11.6 Å². The molecule has 0 saturated carbocycles. The van der Waals surface area contributed by atoms with Gasteiger partial charge in [0, 0.05) is 37.7 Å². The van der Waals surface area contributed by atoms with Crippen LogP contribution in [0.5, 0.6) is 0 Å². The number of halogens is 1. The highest BCUT2D eigenvalue weighted by atomic mass is 35.5. The molecule has 1 fully saturated rings. The minimum absolute atomic E-state index is 0.358. The van der Waals surface area contributed by atoms with Crippen LogP contribution < -0.4 is 16.6 Å². The Hall–Kier alpha value is -0.760. The van der Waals surface area contributed by atoms with Gasteiger partial charge in [0.15, 0.2) is 5.82 Å². The van der Waals surface area contributed by atoms with Crippen molar-refractivity contribution in [1.82, 2.24) is 14.9 Å². The summed E-state index contributed by atoms with van der Waals surface area (Å²) >= 11 is 8.01. The van der Waals surface area contributed by atoms with E-state index in [2.05, 4.69) is 25.6 Å². The molecule has 0 bridgehead atoms. The van der Waals surface area contributed by atoms with E-state index in [1.54, 1.807) is 0 Å². The van der Waals surface area contributed by atoms with Gasteiger partial charge in [0.1, 0.15) is 5.02 Å². The number of rotatable bonds is 5. The number of nitrogens with zero attached hydrogens (tertiary/aromatic N) is 3. The molecule has 1 aliphatic heterocycles. The van der Waals surface area contributed by atoms with Gasteiger partial charge in [-0.2, -0.15) is 16.7 Å². The molecule has 0 atom stereocenters. The Bertz CT molecular complexity index is 385. The van der Waals surface area contributed by atoms with Gasteiger partial charge >= 0.3 is 0 Å². The van der Waals surface area contributed by atoms with E-state index < -0.39 is 0 Å². The summed E-state index contributed by atoms with van der Waals surface area (Å²) in [5.41, 5.74) is 2.40. The highest BCUT2D eigenvalue weighted by molar-refractivity contribution is 7.99. The van der Waals surface area contributed by atoms with Gasteiger partial charge in [0.2, 0.25) is 5.95 Å². The summed E-state index contributed by atoms with van der Waals surface area (Å²) < 4.78 is 0. The Labute approximate surface area is 116 Å². The topological polar surface area (TPSA) is 79.1 Å². The van der Waals surface area contributed by atoms with Crippen LogP contribution >= 0.6 is 23.4 Å². The fourth-order valence-corrected chi connectivity index (χ4v) is 2.85. The van der Waals surface area contributed by atoms with E-state index in [1.807, 2.05) is 11.8 Å². The van der Waals surface area contributed by atoms with Crippen molar-refractivity contribution >= 4 is 35.1 Å². The maximum absolute atomic E-state index is 6.00. The lowest BCUT2D eigenvalue weighted by molar-refractivity contribution is 0.314. The Balaban J connectivity index is 1.81. The smallest absolute Gasteiger partial charge is 0.239 e. The summed E-state index contributed by atoms with van der Waals surface area (Å²) in [7, 11) is 0. The molecule has 0 unspecified atom stereocenters. The fraction of sp³-hybridized carbons (Fsp3) is 0.600. The highest BCUT2D eigenvalue weighted by Gasteiger charge is 2.10. The molecule has 0 aromatic carbocycles. The number of hydrogen-bond donors (Lipinski definition) is 3. The monoisotopic (exact) mass is 288 g/mol. The molecule has 2 heterocycles. The largest absolute Gasteiger partial charge is 0.367 e. The van der Waals surface area contributed by atoms with Crippen LogP contribution in [0.3, 0.4) is 0 Å². The highest BCUT2D eigenvalue weighted by Crippen LogP contribution is 2.18. The number of anilines is 2. The van der Waals surface area contributed by atoms with Gasteiger partial charge in [-0.05, 0) is 0 Å². The molecule has 8 heteroatoms. The van der Waals surface area contributed by atoms with Crippen LogP contribution in [0.4, 0.5) is 11.8 Å². The summed E-state index contributed by atoms with van der Waals surface area (Å²) in [6.45, 7) is 4.11. The minimum atomic E-state index is 0.358. The van der Waals surface area contributed by atoms with Crippen molar-refractivity contribution in [2.24, 2.45) is 5.84 Å². The normalized spacial score (nSPS) is 16.6. The Morgan fingerprint density at radius 1 is 1.44 bits per heavy atom. The Morgan fingerprint density at radius 2 is 2.22 bits per heavy atom. The SMILES string of the molecule is NNc1ncc(Cl)c(NCCN2CCSCC2)n1. The van der Waals surface area contributed by atoms with E-state index in [1.165, 1.54) is 17.7 Å². The molecule has 0 radical (unpaired) electrons. The molecule has 4 N–H and O–H groups in total. The summed E-state index contributed by atoms with van der Waals surface area (Å²) in [4.78, 5) is 10.5. The van der Waals surface area contributed by atoms with Gasteiger partial charge in [0.25, 0.3) is 0 Å². The van der Waals surface area contributed by atoms with Gasteiger partial charge in [-0.25, -0.2) is 10.8 Å². The van der Waals surface area contributed by atoms with Crippen molar-refractivity contribution in [1.29, 1.82) is 0 Å². The first-order valence-corrected chi connectivity index (χ1v) is 7.36. The third-order valence-corrected chi connectivity index (χ3v) is 3.92. The summed E-state index contributed by atoms with van der Waals surface area (Å²) in [6.07, 6.45) is 1.53. The summed E-state index contributed by atoms with van der Waals surface area (Å²) in [5.74, 6) is 8.67. The van der Waals surface area contributed by atoms with Crippen LogP contribution in [-0.4, -0.2) is 52.6 Å². The third-order valence-electron chi connectivity index (χ3n) is 2.70. The first-order valence-electron chi connectivity index (χ1n) is 5.82. The van der Waals surface area contributed by atoms with E-state index in [-0.39, 0.29) is 0 Å². The summed E-state index contributed by atoms with van der Waals surface area (Å²) in [6, 6.07) is 0. The van der Waals surface area contributed by atoms with Crippen LogP contribution in [0.1, 0.15) is 0 Å². The van der Waals surface area contributed by atoms with Crippen LogP contribution in [0.2, 0.25) is 5.02 Å². The second-order valence-electron chi connectivity index (χ2n) is 3.92. The molecular weight excluding hydrogens is 272 g/mol. The Morgan fingerprint density at radius 3 is 2.94 bits per heavy atom. The molecule has 1 aromatic rings. The molecule has 0 spiro atoms. The predicted octanol–water partition coefficient (Wildman–Crippen LogP) is 0.876. The number of nitrogens with one attached hydrogen (secondary N) is 2. The van der Waals surface area contributed by atoms with Crippen molar-refractivity contribution in [3.05, 3.63) is 11.2 Å². The first-order chi connectivity index (χ1) is 8.79. The minimum Gasteiger partial charge on any atom is -0.367 e. The fourth-order valence-electron chi connectivity index (χ4n) is 1.72. The maximum atomic E-state index is 6.00. The zero-order valence-electron chi connectivity index (χ0n) is 10.0. The van der Waals surface area contributed by atoms with Gasteiger partial charge in [-0.15, -0.1) is 0 Å². The number of thioether (sulfide) groups is 1. The summed E-state index contributed by atoms with van der Waals surface area (Å²) in [5, 5.41) is 3.71. The number of hydrazine groups is 1. The van der Waals surface area contributed by atoms with Crippen LogP contribution in [0.25, 0.3) is 0 Å². The molecule has 100 valence electrons. The standard InChI is InChI=1S/C10H17ClN6S/c11-8-7-14-10(16-12)15-9(8)13-1-2-17-3-5-18-6-4-17/h7H,1-6,12H2,(H2,13,14,15,16). The van der Waals surface area contributed by atoms with E-state index in [4.69, 9.17) is 17.4 Å². The first kappa shape index (κ1) is 13.7. The maximum Gasteiger partial charge on any atom is 0.239 e. The number of nitrogen functional groups attached to an aromatic ring is 1. The second kappa shape index (κ2) is 6.98. The predicted molar refractivity (Wildman–Crippen MR) is 77.1 cm³/mol. The molecule has 0 amide bonds. The molecule has 0 aliphatic carbocycles. The second-order valence-corrected chi connectivity index (χ2v) is 5.55. The number of nitrogens with two attached hydrogens (primary N) is 1. The lowest BCUT2D eigenvalue weighted by atomic mass is 10.4. The van der Waals surface area contributed by atoms with E-state index >= 15 is 0 Å².